The van der Waals surface area contributed by atoms with Crippen LogP contribution in [0.4, 0.5) is 18.2 Å². The van der Waals surface area contributed by atoms with Crippen molar-refractivity contribution in [3.63, 3.8) is 0 Å². The average molecular weight is 382 g/mol. The van der Waals surface area contributed by atoms with Crippen LogP contribution in [0, 0.1) is 0 Å². The van der Waals surface area contributed by atoms with Crippen molar-refractivity contribution >= 4 is 38.4 Å². The van der Waals surface area contributed by atoms with Crippen LogP contribution in [-0.2, 0) is 6.18 Å². The lowest BCUT2D eigenvalue weighted by Gasteiger charge is -2.11. The number of halogens is 4. The number of nitrogens with one attached hydrogen (secondary N) is 1. The fourth-order valence-corrected chi connectivity index (χ4v) is 2.34. The minimum absolute atomic E-state index is 0.00849. The molecule has 2 rings (SSSR count). The number of methoxy groups -OCH3 is 1. The second kappa shape index (κ2) is 5.98. The van der Waals surface area contributed by atoms with Gasteiger partial charge in [0.1, 0.15) is 9.60 Å². The summed E-state index contributed by atoms with van der Waals surface area (Å²) in [6.07, 6.45) is -4.73. The maximum Gasteiger partial charge on any atom is 0.434 e. The molecule has 0 radical (unpaired) electrons. The van der Waals surface area contributed by atoms with Crippen LogP contribution >= 0.6 is 27.5 Å². The molecule has 0 saturated carbocycles. The fourth-order valence-electron chi connectivity index (χ4n) is 1.43. The van der Waals surface area contributed by atoms with Crippen LogP contribution in [0.5, 0.6) is 5.88 Å². The second-order valence-electron chi connectivity index (χ2n) is 3.72. The number of alkyl halides is 3. The molecule has 0 aliphatic carbocycles. The third-order valence-electron chi connectivity index (χ3n) is 2.31. The smallest absolute Gasteiger partial charge is 0.434 e. The van der Waals surface area contributed by atoms with Crippen molar-refractivity contribution in [1.29, 1.82) is 0 Å². The molecule has 0 aromatic carbocycles. The van der Waals surface area contributed by atoms with Gasteiger partial charge < -0.3 is 10.1 Å². The third kappa shape index (κ3) is 3.70. The zero-order valence-corrected chi connectivity index (χ0v) is 12.8. The first kappa shape index (κ1) is 15.7. The van der Waals surface area contributed by atoms with E-state index in [-0.39, 0.29) is 15.5 Å². The van der Waals surface area contributed by atoms with Gasteiger partial charge in [0, 0.05) is 6.07 Å². The number of amides is 1. The molecule has 0 saturated heterocycles. The number of rotatable bonds is 3. The lowest BCUT2D eigenvalue weighted by atomic mass is 10.1. The van der Waals surface area contributed by atoms with Crippen molar-refractivity contribution in [1.82, 2.24) is 9.36 Å². The Balaban J connectivity index is 2.30. The van der Waals surface area contributed by atoms with E-state index >= 15 is 0 Å². The summed E-state index contributed by atoms with van der Waals surface area (Å²) in [6, 6.07) is 3.72. The van der Waals surface area contributed by atoms with Gasteiger partial charge in [-0.2, -0.15) is 17.5 Å². The molecule has 0 fully saturated rings. The van der Waals surface area contributed by atoms with E-state index in [0.29, 0.717) is 0 Å². The Morgan fingerprint density at radius 3 is 2.71 bits per heavy atom. The van der Waals surface area contributed by atoms with Crippen LogP contribution in [0.25, 0.3) is 0 Å². The van der Waals surface area contributed by atoms with Crippen molar-refractivity contribution < 1.29 is 22.7 Å². The van der Waals surface area contributed by atoms with E-state index in [4.69, 9.17) is 4.74 Å². The number of anilines is 1. The molecule has 112 valence electrons. The van der Waals surface area contributed by atoms with E-state index in [9.17, 15) is 18.0 Å². The van der Waals surface area contributed by atoms with E-state index in [1.165, 1.54) is 19.2 Å². The first-order valence-corrected chi connectivity index (χ1v) is 6.93. The van der Waals surface area contributed by atoms with E-state index in [2.05, 4.69) is 30.6 Å². The molecule has 10 heteroatoms. The van der Waals surface area contributed by atoms with Gasteiger partial charge in [-0.15, -0.1) is 0 Å². The van der Waals surface area contributed by atoms with Crippen LogP contribution in [-0.4, -0.2) is 22.4 Å². The number of hydrogen-bond donors (Lipinski definition) is 1. The molecule has 0 aliphatic rings. The first-order valence-electron chi connectivity index (χ1n) is 5.37. The van der Waals surface area contributed by atoms with Crippen molar-refractivity contribution in [2.24, 2.45) is 0 Å². The summed E-state index contributed by atoms with van der Waals surface area (Å²) in [5.41, 5.74) is -1.83. The van der Waals surface area contributed by atoms with Crippen molar-refractivity contribution in [3.05, 3.63) is 34.1 Å². The highest BCUT2D eigenvalue weighted by molar-refractivity contribution is 9.10. The topological polar surface area (TPSA) is 64.1 Å². The Labute approximate surface area is 129 Å². The number of carbonyl (C=O) groups excluding carboxylic acids is 1. The lowest BCUT2D eigenvalue weighted by molar-refractivity contribution is -0.141. The van der Waals surface area contributed by atoms with Crippen LogP contribution < -0.4 is 10.1 Å². The monoisotopic (exact) mass is 381 g/mol. The highest BCUT2D eigenvalue weighted by atomic mass is 79.9. The van der Waals surface area contributed by atoms with Crippen molar-refractivity contribution in [2.45, 2.75) is 6.18 Å². The summed E-state index contributed by atoms with van der Waals surface area (Å²) in [6.45, 7) is 0. The highest BCUT2D eigenvalue weighted by Crippen LogP contribution is 2.32. The molecule has 0 bridgehead atoms. The SMILES string of the molecule is COc1cc(NC(=O)c2ccc(Br)nc2C(F)(F)F)sn1. The molecule has 0 atom stereocenters. The number of pyridine rings is 1. The summed E-state index contributed by atoms with van der Waals surface area (Å²) in [7, 11) is 1.39. The van der Waals surface area contributed by atoms with Gasteiger partial charge in [0.15, 0.2) is 5.69 Å². The molecular weight excluding hydrogens is 375 g/mol. The summed E-state index contributed by atoms with van der Waals surface area (Å²) >= 11 is 3.75. The number of hydrogen-bond acceptors (Lipinski definition) is 5. The minimum Gasteiger partial charge on any atom is -0.480 e. The summed E-state index contributed by atoms with van der Waals surface area (Å²) in [5, 5.41) is 2.60. The van der Waals surface area contributed by atoms with Gasteiger partial charge in [0.05, 0.1) is 12.7 Å². The second-order valence-corrected chi connectivity index (χ2v) is 5.33. The maximum absolute atomic E-state index is 12.9. The Kier molecular flexibility index (Phi) is 4.47. The van der Waals surface area contributed by atoms with E-state index in [1.54, 1.807) is 0 Å². The zero-order chi connectivity index (χ0) is 15.6. The Bertz CT molecular complexity index is 675. The molecule has 21 heavy (non-hydrogen) atoms. The summed E-state index contributed by atoms with van der Waals surface area (Å²) < 4.78 is 47.3. The van der Waals surface area contributed by atoms with Crippen LogP contribution in [0.1, 0.15) is 16.1 Å². The molecule has 0 aliphatic heterocycles. The standard InChI is InChI=1S/C11H7BrF3N3O2S/c1-20-7-4-8(21-18-7)17-10(19)5-2-3-6(12)16-9(5)11(13,14)15/h2-4H,1H3,(H,17,19). The fraction of sp³-hybridized carbons (Fsp3) is 0.182. The third-order valence-corrected chi connectivity index (χ3v) is 3.44. The van der Waals surface area contributed by atoms with E-state index < -0.39 is 23.3 Å². The van der Waals surface area contributed by atoms with E-state index in [0.717, 1.165) is 17.6 Å². The Morgan fingerprint density at radius 2 is 2.14 bits per heavy atom. The lowest BCUT2D eigenvalue weighted by Crippen LogP contribution is -2.20. The van der Waals surface area contributed by atoms with Gasteiger partial charge in [-0.25, -0.2) is 4.98 Å². The Morgan fingerprint density at radius 1 is 1.43 bits per heavy atom. The zero-order valence-electron chi connectivity index (χ0n) is 10.4. The molecule has 1 amide bonds. The van der Waals surface area contributed by atoms with Gasteiger partial charge in [-0.3, -0.25) is 4.79 Å². The number of nitrogens with zero attached hydrogens (tertiary/aromatic N) is 2. The maximum atomic E-state index is 12.9. The molecule has 0 unspecified atom stereocenters. The van der Waals surface area contributed by atoms with E-state index in [1.807, 2.05) is 0 Å². The average Bonchev–Trinajstić information content (AvgIpc) is 2.85. The van der Waals surface area contributed by atoms with Gasteiger partial charge in [0.2, 0.25) is 5.88 Å². The largest absolute Gasteiger partial charge is 0.480 e. The Hall–Kier alpha value is -1.68. The minimum atomic E-state index is -4.73. The van der Waals surface area contributed by atoms with Crippen molar-refractivity contribution in [2.75, 3.05) is 12.4 Å². The van der Waals surface area contributed by atoms with Gasteiger partial charge in [0.25, 0.3) is 5.91 Å². The number of ether oxygens (including phenoxy) is 1. The van der Waals surface area contributed by atoms with Gasteiger partial charge in [-0.05, 0) is 39.6 Å². The van der Waals surface area contributed by atoms with Gasteiger partial charge in [-0.1, -0.05) is 0 Å². The molecule has 1 N–H and O–H groups in total. The quantitative estimate of drug-likeness (QED) is 0.825. The predicted octanol–water partition coefficient (Wildman–Crippen LogP) is 3.58. The number of aromatic nitrogens is 2. The molecule has 2 heterocycles. The van der Waals surface area contributed by atoms with Crippen LogP contribution in [0.15, 0.2) is 22.8 Å². The molecule has 2 aromatic heterocycles. The molecular formula is C11H7BrF3N3O2S. The van der Waals surface area contributed by atoms with Crippen molar-refractivity contribution in [3.8, 4) is 5.88 Å². The summed E-state index contributed by atoms with van der Waals surface area (Å²) in [5.74, 6) is -0.658. The number of carbonyl (C=O) groups is 1. The van der Waals surface area contributed by atoms with Gasteiger partial charge >= 0.3 is 6.18 Å². The molecule has 2 aromatic rings. The highest BCUT2D eigenvalue weighted by Gasteiger charge is 2.37. The predicted molar refractivity (Wildman–Crippen MR) is 73.6 cm³/mol. The molecule has 0 spiro atoms. The first-order chi connectivity index (χ1) is 9.81. The van der Waals surface area contributed by atoms with Crippen LogP contribution in [0.3, 0.4) is 0 Å². The van der Waals surface area contributed by atoms with Crippen LogP contribution in [0.2, 0.25) is 0 Å². The summed E-state index contributed by atoms with van der Waals surface area (Å²) in [4.78, 5) is 15.3. The normalized spacial score (nSPS) is 11.3. The molecule has 5 nitrogen and oxygen atoms in total.